The van der Waals surface area contributed by atoms with Crippen molar-refractivity contribution in [3.8, 4) is 0 Å². The van der Waals surface area contributed by atoms with Crippen LogP contribution < -0.4 is 10.9 Å². The van der Waals surface area contributed by atoms with Crippen molar-refractivity contribution in [1.29, 1.82) is 0 Å². The molecule has 0 saturated heterocycles. The maximum atomic E-state index is 12.5. The molecule has 0 unspecified atom stereocenters. The number of aromatic nitrogens is 3. The Balaban J connectivity index is 1.66. The second-order valence-electron chi connectivity index (χ2n) is 5.72. The van der Waals surface area contributed by atoms with E-state index in [1.54, 1.807) is 13.8 Å². The maximum absolute atomic E-state index is 12.5. The Morgan fingerprint density at radius 3 is 2.72 bits per heavy atom. The molecule has 3 aromatic rings. The van der Waals surface area contributed by atoms with Crippen molar-refractivity contribution in [2.75, 3.05) is 6.54 Å². The van der Waals surface area contributed by atoms with Gasteiger partial charge in [-0.25, -0.2) is 0 Å². The highest BCUT2D eigenvalue weighted by Crippen LogP contribution is 2.12. The first kappa shape index (κ1) is 17.2. The molecule has 1 amide bonds. The number of rotatable bonds is 5. The van der Waals surface area contributed by atoms with Crippen LogP contribution in [0, 0.1) is 13.8 Å². The molecule has 25 heavy (non-hydrogen) atoms. The Labute approximate surface area is 148 Å². The summed E-state index contributed by atoms with van der Waals surface area (Å²) in [5.74, 6) is 0.149. The summed E-state index contributed by atoms with van der Waals surface area (Å²) in [5, 5.41) is 7.53. The minimum absolute atomic E-state index is 0.0984. The lowest BCUT2D eigenvalue weighted by Crippen LogP contribution is -2.34. The summed E-state index contributed by atoms with van der Waals surface area (Å²) in [7, 11) is 0. The highest BCUT2D eigenvalue weighted by molar-refractivity contribution is 6.30. The van der Waals surface area contributed by atoms with E-state index >= 15 is 0 Å². The molecule has 2 heterocycles. The van der Waals surface area contributed by atoms with Crippen LogP contribution in [0.15, 0.2) is 33.6 Å². The Hall–Kier alpha value is -2.67. The van der Waals surface area contributed by atoms with Crippen molar-refractivity contribution >= 4 is 28.6 Å². The number of aryl methyl sites for hydroxylation is 2. The molecule has 0 radical (unpaired) electrons. The summed E-state index contributed by atoms with van der Waals surface area (Å²) >= 11 is 5.84. The molecule has 1 aromatic carbocycles. The van der Waals surface area contributed by atoms with Crippen LogP contribution in [0.25, 0.3) is 11.1 Å². The lowest BCUT2D eigenvalue weighted by molar-refractivity contribution is -0.121. The fourth-order valence-corrected chi connectivity index (χ4v) is 2.68. The lowest BCUT2D eigenvalue weighted by atomic mass is 10.1. The summed E-state index contributed by atoms with van der Waals surface area (Å²) < 4.78 is 6.33. The van der Waals surface area contributed by atoms with E-state index < -0.39 is 0 Å². The van der Waals surface area contributed by atoms with E-state index in [9.17, 15) is 9.59 Å². The number of hydrogen-bond acceptors (Lipinski definition) is 5. The van der Waals surface area contributed by atoms with E-state index in [2.05, 4.69) is 15.5 Å². The topological polar surface area (TPSA) is 90.0 Å². The Morgan fingerprint density at radius 1 is 1.28 bits per heavy atom. The Morgan fingerprint density at radius 2 is 2.00 bits per heavy atom. The van der Waals surface area contributed by atoms with E-state index in [-0.39, 0.29) is 23.7 Å². The number of carbonyl (C=O) groups excluding carboxylic acids is 1. The van der Waals surface area contributed by atoms with Gasteiger partial charge in [0.25, 0.3) is 11.3 Å². The first-order valence-corrected chi connectivity index (χ1v) is 8.18. The summed E-state index contributed by atoms with van der Waals surface area (Å²) in [4.78, 5) is 28.9. The predicted octanol–water partition coefficient (Wildman–Crippen LogP) is 2.01. The Bertz CT molecular complexity index is 976. The second-order valence-corrected chi connectivity index (χ2v) is 6.16. The molecule has 0 aliphatic heterocycles. The standard InChI is InChI=1S/C17H17ClN4O3/c1-10-15-16(25-21-10)20-11(2)22(17(15)24)9-14(23)19-8-7-12-3-5-13(18)6-4-12/h3-6H,7-9H2,1-2H3,(H,19,23). The monoisotopic (exact) mass is 360 g/mol. The van der Waals surface area contributed by atoms with Gasteiger partial charge in [-0.05, 0) is 38.0 Å². The molecule has 8 heteroatoms. The minimum Gasteiger partial charge on any atom is -0.354 e. The highest BCUT2D eigenvalue weighted by atomic mass is 35.5. The van der Waals surface area contributed by atoms with Crippen molar-refractivity contribution in [1.82, 2.24) is 20.0 Å². The molecular weight excluding hydrogens is 344 g/mol. The number of carbonyl (C=O) groups is 1. The molecule has 130 valence electrons. The lowest BCUT2D eigenvalue weighted by Gasteiger charge is -2.09. The first-order chi connectivity index (χ1) is 12.0. The van der Waals surface area contributed by atoms with Gasteiger partial charge in [0, 0.05) is 11.6 Å². The summed E-state index contributed by atoms with van der Waals surface area (Å²) in [6.45, 7) is 3.69. The van der Waals surface area contributed by atoms with Crippen LogP contribution >= 0.6 is 11.6 Å². The van der Waals surface area contributed by atoms with E-state index in [1.165, 1.54) is 4.57 Å². The van der Waals surface area contributed by atoms with Gasteiger partial charge < -0.3 is 9.84 Å². The normalized spacial score (nSPS) is 11.0. The molecule has 7 nitrogen and oxygen atoms in total. The molecule has 1 N–H and O–H groups in total. The van der Waals surface area contributed by atoms with Crippen LogP contribution in [-0.4, -0.2) is 27.2 Å². The van der Waals surface area contributed by atoms with Gasteiger partial charge in [0.1, 0.15) is 17.8 Å². The molecule has 0 fully saturated rings. The van der Waals surface area contributed by atoms with Gasteiger partial charge in [-0.2, -0.15) is 4.98 Å². The number of nitrogens with one attached hydrogen (secondary N) is 1. The number of hydrogen-bond donors (Lipinski definition) is 1. The molecule has 0 bridgehead atoms. The number of benzene rings is 1. The molecule has 0 spiro atoms. The van der Waals surface area contributed by atoms with Gasteiger partial charge in [-0.3, -0.25) is 14.2 Å². The summed E-state index contributed by atoms with van der Waals surface area (Å²) in [6.07, 6.45) is 0.679. The summed E-state index contributed by atoms with van der Waals surface area (Å²) in [6, 6.07) is 7.44. The third-order valence-corrected chi connectivity index (χ3v) is 4.16. The molecule has 0 aliphatic carbocycles. The first-order valence-electron chi connectivity index (χ1n) is 7.80. The van der Waals surface area contributed by atoms with Gasteiger partial charge >= 0.3 is 0 Å². The number of halogens is 1. The van der Waals surface area contributed by atoms with Crippen molar-refractivity contribution in [3.63, 3.8) is 0 Å². The highest BCUT2D eigenvalue weighted by Gasteiger charge is 2.16. The average molecular weight is 361 g/mol. The average Bonchev–Trinajstić information content (AvgIpc) is 2.94. The van der Waals surface area contributed by atoms with E-state index in [4.69, 9.17) is 16.1 Å². The van der Waals surface area contributed by atoms with Crippen molar-refractivity contribution in [3.05, 3.63) is 56.7 Å². The maximum Gasteiger partial charge on any atom is 0.267 e. The predicted molar refractivity (Wildman–Crippen MR) is 93.7 cm³/mol. The molecule has 0 aliphatic rings. The number of fused-ring (bicyclic) bond motifs is 1. The van der Waals surface area contributed by atoms with Crippen LogP contribution in [0.2, 0.25) is 5.02 Å². The zero-order valence-electron chi connectivity index (χ0n) is 13.9. The fourth-order valence-electron chi connectivity index (χ4n) is 2.55. The van der Waals surface area contributed by atoms with Gasteiger partial charge in [0.15, 0.2) is 0 Å². The van der Waals surface area contributed by atoms with Gasteiger partial charge in [0.2, 0.25) is 5.91 Å². The molecule has 3 rings (SSSR count). The minimum atomic E-state index is -0.325. The third kappa shape index (κ3) is 3.71. The van der Waals surface area contributed by atoms with Crippen LogP contribution in [0.4, 0.5) is 0 Å². The fraction of sp³-hybridized carbons (Fsp3) is 0.294. The molecular formula is C17H17ClN4O3. The Kier molecular flexibility index (Phi) is 4.85. The SMILES string of the molecule is Cc1noc2nc(C)n(CC(=O)NCCc3ccc(Cl)cc3)c(=O)c12. The van der Waals surface area contributed by atoms with Crippen LogP contribution in [-0.2, 0) is 17.8 Å². The van der Waals surface area contributed by atoms with Crippen molar-refractivity contribution in [2.45, 2.75) is 26.8 Å². The summed E-state index contributed by atoms with van der Waals surface area (Å²) in [5.41, 5.74) is 1.40. The number of amides is 1. The van der Waals surface area contributed by atoms with E-state index in [0.29, 0.717) is 34.9 Å². The van der Waals surface area contributed by atoms with Gasteiger partial charge in [0.05, 0.1) is 5.69 Å². The van der Waals surface area contributed by atoms with Gasteiger partial charge in [-0.15, -0.1) is 0 Å². The smallest absolute Gasteiger partial charge is 0.267 e. The molecule has 0 saturated carbocycles. The van der Waals surface area contributed by atoms with E-state index in [0.717, 1.165) is 5.56 Å². The second kappa shape index (κ2) is 7.06. The molecule has 0 atom stereocenters. The van der Waals surface area contributed by atoms with Crippen molar-refractivity contribution in [2.24, 2.45) is 0 Å². The third-order valence-electron chi connectivity index (χ3n) is 3.91. The quantitative estimate of drug-likeness (QED) is 0.751. The van der Waals surface area contributed by atoms with E-state index in [1.807, 2.05) is 24.3 Å². The van der Waals surface area contributed by atoms with Crippen LogP contribution in [0.1, 0.15) is 17.1 Å². The number of nitrogens with zero attached hydrogens (tertiary/aromatic N) is 3. The van der Waals surface area contributed by atoms with Crippen LogP contribution in [0.5, 0.6) is 0 Å². The zero-order chi connectivity index (χ0) is 18.0. The molecule has 2 aromatic heterocycles. The zero-order valence-corrected chi connectivity index (χ0v) is 14.6. The van der Waals surface area contributed by atoms with Crippen molar-refractivity contribution < 1.29 is 9.32 Å². The van der Waals surface area contributed by atoms with Gasteiger partial charge in [-0.1, -0.05) is 28.9 Å². The van der Waals surface area contributed by atoms with Crippen LogP contribution in [0.3, 0.4) is 0 Å². The largest absolute Gasteiger partial charge is 0.354 e.